The molecule has 0 aliphatic heterocycles. The van der Waals surface area contributed by atoms with Crippen molar-refractivity contribution >= 4 is 11.5 Å². The van der Waals surface area contributed by atoms with Crippen molar-refractivity contribution in [2.75, 3.05) is 11.9 Å². The van der Waals surface area contributed by atoms with Gasteiger partial charge in [0.15, 0.2) is 5.78 Å². The summed E-state index contributed by atoms with van der Waals surface area (Å²) in [6.45, 7) is 7.70. The summed E-state index contributed by atoms with van der Waals surface area (Å²) in [6.07, 6.45) is 0. The molecule has 0 saturated heterocycles. The van der Waals surface area contributed by atoms with Gasteiger partial charge in [0.05, 0.1) is 5.69 Å². The van der Waals surface area contributed by atoms with Crippen molar-refractivity contribution in [1.29, 1.82) is 0 Å². The van der Waals surface area contributed by atoms with E-state index in [2.05, 4.69) is 20.8 Å². The maximum Gasteiger partial charge on any atom is 0.159 e. The first-order valence-electron chi connectivity index (χ1n) is 5.88. The summed E-state index contributed by atoms with van der Waals surface area (Å²) in [6, 6.07) is 4.89. The monoisotopic (exact) mass is 237 g/mol. The Balaban J connectivity index is 3.03. The van der Waals surface area contributed by atoms with E-state index in [1.807, 2.05) is 11.9 Å². The molecule has 17 heavy (non-hydrogen) atoms. The minimum Gasteiger partial charge on any atom is -0.369 e. The van der Waals surface area contributed by atoms with Crippen LogP contribution >= 0.6 is 0 Å². The maximum absolute atomic E-state index is 13.9. The van der Waals surface area contributed by atoms with Crippen molar-refractivity contribution in [3.8, 4) is 0 Å². The Labute approximate surface area is 102 Å². The first kappa shape index (κ1) is 13.7. The first-order valence-corrected chi connectivity index (χ1v) is 5.88. The molecule has 0 fully saturated rings. The molecule has 0 N–H and O–H groups in total. The minimum atomic E-state index is -0.340. The van der Waals surface area contributed by atoms with E-state index >= 15 is 0 Å². The van der Waals surface area contributed by atoms with Crippen LogP contribution < -0.4 is 4.90 Å². The minimum absolute atomic E-state index is 0.116. The number of Topliss-reactive ketones (excluding diaryl/α,β-unsaturated/α-hetero) is 1. The molecular formula is C14H20FNO. The fourth-order valence-corrected chi connectivity index (χ4v) is 1.68. The van der Waals surface area contributed by atoms with E-state index in [9.17, 15) is 9.18 Å². The molecule has 1 unspecified atom stereocenters. The van der Waals surface area contributed by atoms with Crippen molar-refractivity contribution in [1.82, 2.24) is 0 Å². The SMILES string of the molecule is CC(=O)c1ccc(N(C)C(C)C(C)C)c(F)c1. The Kier molecular flexibility index (Phi) is 4.27. The van der Waals surface area contributed by atoms with Crippen LogP contribution in [0.5, 0.6) is 0 Å². The van der Waals surface area contributed by atoms with Crippen molar-refractivity contribution in [2.45, 2.75) is 33.7 Å². The molecule has 3 heteroatoms. The van der Waals surface area contributed by atoms with Crippen LogP contribution in [0.25, 0.3) is 0 Å². The number of halogens is 1. The molecule has 0 bridgehead atoms. The van der Waals surface area contributed by atoms with Crippen LogP contribution in [0.15, 0.2) is 18.2 Å². The van der Waals surface area contributed by atoms with E-state index < -0.39 is 0 Å². The van der Waals surface area contributed by atoms with Gasteiger partial charge in [0.1, 0.15) is 5.82 Å². The zero-order chi connectivity index (χ0) is 13.2. The van der Waals surface area contributed by atoms with Crippen LogP contribution in [-0.2, 0) is 0 Å². The van der Waals surface area contributed by atoms with Gasteiger partial charge >= 0.3 is 0 Å². The molecule has 0 amide bonds. The number of hydrogen-bond acceptors (Lipinski definition) is 2. The summed E-state index contributed by atoms with van der Waals surface area (Å²) in [5.41, 5.74) is 0.952. The van der Waals surface area contributed by atoms with Gasteiger partial charge in [-0.3, -0.25) is 4.79 Å². The quantitative estimate of drug-likeness (QED) is 0.747. The molecular weight excluding hydrogens is 217 g/mol. The lowest BCUT2D eigenvalue weighted by Gasteiger charge is -2.30. The number of benzene rings is 1. The molecule has 2 nitrogen and oxygen atoms in total. The summed E-state index contributed by atoms with van der Waals surface area (Å²) in [5, 5.41) is 0. The zero-order valence-electron chi connectivity index (χ0n) is 11.1. The highest BCUT2D eigenvalue weighted by Gasteiger charge is 2.17. The third-order valence-electron chi connectivity index (χ3n) is 3.31. The second kappa shape index (κ2) is 5.30. The van der Waals surface area contributed by atoms with Gasteiger partial charge in [-0.2, -0.15) is 0 Å². The lowest BCUT2D eigenvalue weighted by Crippen LogP contribution is -2.33. The molecule has 0 aromatic heterocycles. The van der Waals surface area contributed by atoms with Crippen LogP contribution in [0.4, 0.5) is 10.1 Å². The molecule has 1 rings (SSSR count). The number of carbonyl (C=O) groups is 1. The molecule has 1 atom stereocenters. The largest absolute Gasteiger partial charge is 0.369 e. The lowest BCUT2D eigenvalue weighted by molar-refractivity contribution is 0.101. The Hall–Kier alpha value is -1.38. The van der Waals surface area contributed by atoms with E-state index in [0.29, 0.717) is 17.2 Å². The summed E-state index contributed by atoms with van der Waals surface area (Å²) in [7, 11) is 1.87. The van der Waals surface area contributed by atoms with Crippen LogP contribution in [0.2, 0.25) is 0 Å². The average molecular weight is 237 g/mol. The third-order valence-corrected chi connectivity index (χ3v) is 3.31. The molecule has 0 radical (unpaired) electrons. The predicted molar refractivity (Wildman–Crippen MR) is 69.1 cm³/mol. The Morgan fingerprint density at radius 1 is 1.29 bits per heavy atom. The molecule has 1 aromatic carbocycles. The Morgan fingerprint density at radius 2 is 1.88 bits per heavy atom. The van der Waals surface area contributed by atoms with Gasteiger partial charge < -0.3 is 4.90 Å². The second-order valence-corrected chi connectivity index (χ2v) is 4.82. The third kappa shape index (κ3) is 3.05. The molecule has 0 spiro atoms. The van der Waals surface area contributed by atoms with Gasteiger partial charge in [0, 0.05) is 18.7 Å². The molecule has 0 heterocycles. The number of rotatable bonds is 4. The van der Waals surface area contributed by atoms with Gasteiger partial charge in [-0.1, -0.05) is 13.8 Å². The average Bonchev–Trinajstić information content (AvgIpc) is 2.26. The fourth-order valence-electron chi connectivity index (χ4n) is 1.68. The van der Waals surface area contributed by atoms with Crippen molar-refractivity contribution in [3.05, 3.63) is 29.6 Å². The van der Waals surface area contributed by atoms with Gasteiger partial charge in [-0.25, -0.2) is 4.39 Å². The molecule has 0 saturated carbocycles. The lowest BCUT2D eigenvalue weighted by atomic mass is 10.0. The van der Waals surface area contributed by atoms with Gasteiger partial charge in [0.25, 0.3) is 0 Å². The smallest absolute Gasteiger partial charge is 0.159 e. The summed E-state index contributed by atoms with van der Waals surface area (Å²) in [5.74, 6) is -0.0189. The molecule has 0 aliphatic carbocycles. The Morgan fingerprint density at radius 3 is 2.29 bits per heavy atom. The van der Waals surface area contributed by atoms with E-state index in [0.717, 1.165) is 0 Å². The predicted octanol–water partition coefficient (Wildman–Crippen LogP) is 3.51. The van der Waals surface area contributed by atoms with Crippen LogP contribution in [-0.4, -0.2) is 18.9 Å². The zero-order valence-corrected chi connectivity index (χ0v) is 11.1. The van der Waals surface area contributed by atoms with E-state index in [4.69, 9.17) is 0 Å². The summed E-state index contributed by atoms with van der Waals surface area (Å²) < 4.78 is 13.9. The molecule has 94 valence electrons. The molecule has 1 aromatic rings. The number of carbonyl (C=O) groups excluding carboxylic acids is 1. The van der Waals surface area contributed by atoms with Crippen molar-refractivity contribution in [3.63, 3.8) is 0 Å². The van der Waals surface area contributed by atoms with E-state index in [1.54, 1.807) is 12.1 Å². The Bertz CT molecular complexity index is 415. The summed E-state index contributed by atoms with van der Waals surface area (Å²) >= 11 is 0. The van der Waals surface area contributed by atoms with Crippen LogP contribution in [0, 0.1) is 11.7 Å². The highest BCUT2D eigenvalue weighted by atomic mass is 19.1. The van der Waals surface area contributed by atoms with Crippen molar-refractivity contribution < 1.29 is 9.18 Å². The summed E-state index contributed by atoms with van der Waals surface area (Å²) in [4.78, 5) is 13.0. The fraction of sp³-hybridized carbons (Fsp3) is 0.500. The topological polar surface area (TPSA) is 20.3 Å². The van der Waals surface area contributed by atoms with Gasteiger partial charge in [0.2, 0.25) is 0 Å². The normalized spacial score (nSPS) is 12.6. The van der Waals surface area contributed by atoms with E-state index in [-0.39, 0.29) is 17.6 Å². The number of hydrogen-bond donors (Lipinski definition) is 0. The standard InChI is InChI=1S/C14H20FNO/c1-9(2)10(3)16(5)14-7-6-12(11(4)17)8-13(14)15/h6-10H,1-5H3. The number of nitrogens with zero attached hydrogens (tertiary/aromatic N) is 1. The van der Waals surface area contributed by atoms with Crippen molar-refractivity contribution in [2.24, 2.45) is 5.92 Å². The van der Waals surface area contributed by atoms with Gasteiger partial charge in [-0.15, -0.1) is 0 Å². The van der Waals surface area contributed by atoms with E-state index in [1.165, 1.54) is 13.0 Å². The highest BCUT2D eigenvalue weighted by Crippen LogP contribution is 2.23. The number of ketones is 1. The second-order valence-electron chi connectivity index (χ2n) is 4.82. The van der Waals surface area contributed by atoms with Crippen LogP contribution in [0.3, 0.4) is 0 Å². The first-order chi connectivity index (χ1) is 7.84. The maximum atomic E-state index is 13.9. The number of anilines is 1. The van der Waals surface area contributed by atoms with Crippen LogP contribution in [0.1, 0.15) is 38.1 Å². The molecule has 0 aliphatic rings. The van der Waals surface area contributed by atoms with Gasteiger partial charge in [-0.05, 0) is 38.0 Å². The highest BCUT2D eigenvalue weighted by molar-refractivity contribution is 5.94.